The van der Waals surface area contributed by atoms with Crippen LogP contribution in [0.4, 0.5) is 4.79 Å². The van der Waals surface area contributed by atoms with Crippen LogP contribution in [0.1, 0.15) is 32.6 Å². The van der Waals surface area contributed by atoms with Gasteiger partial charge in [-0.1, -0.05) is 0 Å². The molecule has 1 amide bonds. The fourth-order valence-corrected chi connectivity index (χ4v) is 2.94. The van der Waals surface area contributed by atoms with Crippen molar-refractivity contribution in [3.63, 3.8) is 0 Å². The highest BCUT2D eigenvalue weighted by atomic mass is 32.1. The van der Waals surface area contributed by atoms with Crippen molar-refractivity contribution in [1.82, 2.24) is 14.8 Å². The Labute approximate surface area is 124 Å². The first-order valence-corrected chi connectivity index (χ1v) is 7.82. The summed E-state index contributed by atoms with van der Waals surface area (Å²) in [7, 11) is 0. The number of carbonyl (C=O) groups excluding carboxylic acids is 1. The summed E-state index contributed by atoms with van der Waals surface area (Å²) in [6, 6.07) is 0.173. The van der Waals surface area contributed by atoms with Crippen molar-refractivity contribution in [1.29, 1.82) is 0 Å². The molecule has 2 rings (SSSR count). The molecule has 2 heterocycles. The van der Waals surface area contributed by atoms with Gasteiger partial charge in [0.05, 0.1) is 5.51 Å². The van der Waals surface area contributed by atoms with Gasteiger partial charge in [0.1, 0.15) is 5.60 Å². The summed E-state index contributed by atoms with van der Waals surface area (Å²) >= 11 is 1.67. The predicted octanol–water partition coefficient (Wildman–Crippen LogP) is 2.58. The number of rotatable bonds is 2. The maximum absolute atomic E-state index is 12.1. The minimum atomic E-state index is -0.434. The van der Waals surface area contributed by atoms with Gasteiger partial charge in [-0.25, -0.2) is 4.79 Å². The van der Waals surface area contributed by atoms with Gasteiger partial charge in [-0.2, -0.15) is 0 Å². The molecule has 1 fully saturated rings. The molecule has 6 heteroatoms. The lowest BCUT2D eigenvalue weighted by molar-refractivity contribution is 0.000661. The Hall–Kier alpha value is -1.14. The van der Waals surface area contributed by atoms with Crippen molar-refractivity contribution in [2.24, 2.45) is 0 Å². The molecule has 0 bridgehead atoms. The normalized spacial score (nSPS) is 21.0. The van der Waals surface area contributed by atoms with E-state index in [1.807, 2.05) is 37.4 Å². The zero-order valence-corrected chi connectivity index (χ0v) is 13.4. The molecular weight excluding hydrogens is 274 g/mol. The van der Waals surface area contributed by atoms with Gasteiger partial charge >= 0.3 is 6.09 Å². The van der Waals surface area contributed by atoms with Crippen LogP contribution in [0.3, 0.4) is 0 Å². The van der Waals surface area contributed by atoms with E-state index in [0.29, 0.717) is 0 Å². The second kappa shape index (κ2) is 6.10. The summed E-state index contributed by atoms with van der Waals surface area (Å²) in [6.07, 6.45) is 1.71. The SMILES string of the molecule is C[C@H]1CN(Cc2cncs2)CCN1C(=O)OC(C)(C)C. The van der Waals surface area contributed by atoms with Gasteiger partial charge in [-0.3, -0.25) is 9.88 Å². The number of hydrogen-bond donors (Lipinski definition) is 0. The summed E-state index contributed by atoms with van der Waals surface area (Å²) in [4.78, 5) is 21.7. The summed E-state index contributed by atoms with van der Waals surface area (Å²) in [5, 5.41) is 0. The summed E-state index contributed by atoms with van der Waals surface area (Å²) in [6.45, 7) is 11.1. The summed E-state index contributed by atoms with van der Waals surface area (Å²) in [5.74, 6) is 0. The Kier molecular flexibility index (Phi) is 4.65. The lowest BCUT2D eigenvalue weighted by Gasteiger charge is -2.40. The molecule has 1 saturated heterocycles. The maximum Gasteiger partial charge on any atom is 0.410 e. The van der Waals surface area contributed by atoms with Crippen LogP contribution in [0.2, 0.25) is 0 Å². The lowest BCUT2D eigenvalue weighted by atomic mass is 10.2. The minimum Gasteiger partial charge on any atom is -0.444 e. The highest BCUT2D eigenvalue weighted by Crippen LogP contribution is 2.18. The molecule has 1 aliphatic heterocycles. The third-order valence-electron chi connectivity index (χ3n) is 3.20. The molecule has 0 unspecified atom stereocenters. The maximum atomic E-state index is 12.1. The number of carbonyl (C=O) groups is 1. The molecule has 0 aromatic carbocycles. The average molecular weight is 297 g/mol. The van der Waals surface area contributed by atoms with Crippen molar-refractivity contribution in [2.75, 3.05) is 19.6 Å². The number of piperazine rings is 1. The predicted molar refractivity (Wildman–Crippen MR) is 79.8 cm³/mol. The molecular formula is C14H23N3O2S. The van der Waals surface area contributed by atoms with Crippen molar-refractivity contribution in [3.05, 3.63) is 16.6 Å². The zero-order chi connectivity index (χ0) is 14.8. The Balaban J connectivity index is 1.87. The Morgan fingerprint density at radius 3 is 2.80 bits per heavy atom. The van der Waals surface area contributed by atoms with Gasteiger partial charge in [-0.15, -0.1) is 11.3 Å². The average Bonchev–Trinajstić information content (AvgIpc) is 2.79. The molecule has 112 valence electrons. The number of aromatic nitrogens is 1. The van der Waals surface area contributed by atoms with Crippen LogP contribution in [0, 0.1) is 0 Å². The fraction of sp³-hybridized carbons (Fsp3) is 0.714. The van der Waals surface area contributed by atoms with E-state index in [0.717, 1.165) is 26.2 Å². The third-order valence-corrected chi connectivity index (χ3v) is 3.97. The van der Waals surface area contributed by atoms with E-state index in [9.17, 15) is 4.79 Å². The minimum absolute atomic E-state index is 0.173. The van der Waals surface area contributed by atoms with Crippen molar-refractivity contribution in [3.8, 4) is 0 Å². The van der Waals surface area contributed by atoms with Crippen LogP contribution in [0.15, 0.2) is 11.7 Å². The van der Waals surface area contributed by atoms with E-state index in [1.165, 1.54) is 4.88 Å². The van der Waals surface area contributed by atoms with E-state index >= 15 is 0 Å². The van der Waals surface area contributed by atoms with Crippen LogP contribution >= 0.6 is 11.3 Å². The van der Waals surface area contributed by atoms with Crippen molar-refractivity contribution in [2.45, 2.75) is 45.9 Å². The first-order chi connectivity index (χ1) is 9.35. The molecule has 1 atom stereocenters. The van der Waals surface area contributed by atoms with Gasteiger partial charge in [0.25, 0.3) is 0 Å². The number of nitrogens with zero attached hydrogens (tertiary/aromatic N) is 3. The highest BCUT2D eigenvalue weighted by molar-refractivity contribution is 7.09. The Morgan fingerprint density at radius 2 is 2.25 bits per heavy atom. The van der Waals surface area contributed by atoms with Crippen LogP contribution < -0.4 is 0 Å². The Morgan fingerprint density at radius 1 is 1.50 bits per heavy atom. The van der Waals surface area contributed by atoms with Gasteiger partial charge < -0.3 is 9.64 Å². The number of ether oxygens (including phenoxy) is 1. The van der Waals surface area contributed by atoms with Gasteiger partial charge in [0.2, 0.25) is 0 Å². The lowest BCUT2D eigenvalue weighted by Crippen LogP contribution is -2.54. The van der Waals surface area contributed by atoms with E-state index in [4.69, 9.17) is 4.74 Å². The monoisotopic (exact) mass is 297 g/mol. The largest absolute Gasteiger partial charge is 0.444 e. The van der Waals surface area contributed by atoms with E-state index < -0.39 is 5.60 Å². The van der Waals surface area contributed by atoms with Crippen molar-refractivity contribution < 1.29 is 9.53 Å². The van der Waals surface area contributed by atoms with Gasteiger partial charge in [-0.05, 0) is 27.7 Å². The molecule has 5 nitrogen and oxygen atoms in total. The second-order valence-corrected chi connectivity index (χ2v) is 7.20. The zero-order valence-electron chi connectivity index (χ0n) is 12.6. The van der Waals surface area contributed by atoms with Crippen LogP contribution in [0.5, 0.6) is 0 Å². The standard InChI is InChI=1S/C14H23N3O2S/c1-11-8-16(9-12-7-15-10-20-12)5-6-17(11)13(18)19-14(2,3)4/h7,10-11H,5-6,8-9H2,1-4H3/t11-/m0/s1. The van der Waals surface area contributed by atoms with Gasteiger partial charge in [0.15, 0.2) is 0 Å². The first kappa shape index (κ1) is 15.3. The smallest absolute Gasteiger partial charge is 0.410 e. The summed E-state index contributed by atoms with van der Waals surface area (Å²) < 4.78 is 5.45. The highest BCUT2D eigenvalue weighted by Gasteiger charge is 2.30. The van der Waals surface area contributed by atoms with Gasteiger partial charge in [0, 0.05) is 43.3 Å². The van der Waals surface area contributed by atoms with E-state index in [2.05, 4.69) is 16.8 Å². The third kappa shape index (κ3) is 4.18. The topological polar surface area (TPSA) is 45.7 Å². The molecule has 1 aromatic heterocycles. The van der Waals surface area contributed by atoms with Crippen LogP contribution in [-0.2, 0) is 11.3 Å². The molecule has 0 radical (unpaired) electrons. The molecule has 0 N–H and O–H groups in total. The molecule has 20 heavy (non-hydrogen) atoms. The van der Waals surface area contributed by atoms with E-state index in [1.54, 1.807) is 11.3 Å². The molecule has 1 aromatic rings. The first-order valence-electron chi connectivity index (χ1n) is 6.94. The number of thiazole rings is 1. The van der Waals surface area contributed by atoms with E-state index in [-0.39, 0.29) is 12.1 Å². The van der Waals surface area contributed by atoms with Crippen molar-refractivity contribution >= 4 is 17.4 Å². The molecule has 0 aliphatic carbocycles. The Bertz CT molecular complexity index is 442. The fourth-order valence-electron chi connectivity index (χ4n) is 2.31. The molecule has 1 aliphatic rings. The molecule has 0 spiro atoms. The van der Waals surface area contributed by atoms with Crippen LogP contribution in [0.25, 0.3) is 0 Å². The van der Waals surface area contributed by atoms with Crippen LogP contribution in [-0.4, -0.2) is 52.2 Å². The quantitative estimate of drug-likeness (QED) is 0.841. The number of amides is 1. The summed E-state index contributed by atoms with van der Waals surface area (Å²) in [5.41, 5.74) is 1.42. The number of hydrogen-bond acceptors (Lipinski definition) is 5. The molecule has 0 saturated carbocycles. The second-order valence-electron chi connectivity index (χ2n) is 6.23.